The van der Waals surface area contributed by atoms with Gasteiger partial charge in [-0.2, -0.15) is 0 Å². The van der Waals surface area contributed by atoms with Crippen molar-refractivity contribution in [1.82, 2.24) is 14.7 Å². The normalized spacial score (nSPS) is 11.8. The molecule has 0 aliphatic heterocycles. The van der Waals surface area contributed by atoms with Gasteiger partial charge in [0.25, 0.3) is 0 Å². The molecule has 0 aliphatic carbocycles. The Bertz CT molecular complexity index is 583. The van der Waals surface area contributed by atoms with Crippen LogP contribution in [0.1, 0.15) is 26.5 Å². The Labute approximate surface area is 111 Å². The van der Waals surface area contributed by atoms with E-state index in [9.17, 15) is 4.79 Å². The number of hydrogen-bond acceptors (Lipinski definition) is 2. The topological polar surface area (TPSA) is 46.4 Å². The number of halogens is 1. The molecule has 4 nitrogen and oxygen atoms in total. The first-order chi connectivity index (χ1) is 8.38. The van der Waals surface area contributed by atoms with Gasteiger partial charge in [-0.15, -0.1) is 0 Å². The van der Waals surface area contributed by atoms with Crippen LogP contribution < -0.4 is 5.32 Å². The second-order valence-corrected chi connectivity index (χ2v) is 5.63. The van der Waals surface area contributed by atoms with E-state index in [4.69, 9.17) is 11.6 Å². The van der Waals surface area contributed by atoms with Crippen molar-refractivity contribution >= 4 is 23.2 Å². The number of fused-ring (bicyclic) bond motifs is 1. The van der Waals surface area contributed by atoms with Crippen molar-refractivity contribution in [2.45, 2.75) is 27.3 Å². The maximum absolute atomic E-state index is 11.7. The zero-order valence-electron chi connectivity index (χ0n) is 10.7. The Morgan fingerprint density at radius 3 is 2.78 bits per heavy atom. The summed E-state index contributed by atoms with van der Waals surface area (Å²) in [7, 11) is 0. The summed E-state index contributed by atoms with van der Waals surface area (Å²) >= 11 is 6.04. The molecular formula is C13H16ClN3O. The fourth-order valence-electron chi connectivity index (χ4n) is 1.55. The van der Waals surface area contributed by atoms with Crippen molar-refractivity contribution < 1.29 is 4.79 Å². The highest BCUT2D eigenvalue weighted by Crippen LogP contribution is 2.15. The van der Waals surface area contributed by atoms with E-state index in [2.05, 4.69) is 10.3 Å². The predicted molar refractivity (Wildman–Crippen MR) is 71.5 cm³/mol. The quantitative estimate of drug-likeness (QED) is 0.849. The third kappa shape index (κ3) is 2.64. The zero-order valence-corrected chi connectivity index (χ0v) is 11.5. The fraction of sp³-hybridized carbons (Fsp3) is 0.385. The average Bonchev–Trinajstić information content (AvgIpc) is 2.69. The smallest absolute Gasteiger partial charge is 0.225 e. The maximum Gasteiger partial charge on any atom is 0.225 e. The summed E-state index contributed by atoms with van der Waals surface area (Å²) in [6.07, 6.45) is 1.83. The molecule has 0 unspecified atom stereocenters. The van der Waals surface area contributed by atoms with E-state index in [0.717, 1.165) is 11.3 Å². The molecule has 2 aromatic heterocycles. The monoisotopic (exact) mass is 265 g/mol. The molecule has 0 spiro atoms. The number of hydrogen-bond donors (Lipinski definition) is 1. The molecule has 96 valence electrons. The van der Waals surface area contributed by atoms with Crippen LogP contribution in [0.5, 0.6) is 0 Å². The molecule has 0 atom stereocenters. The Balaban J connectivity index is 2.14. The van der Waals surface area contributed by atoms with Crippen molar-refractivity contribution in [3.8, 4) is 0 Å². The number of carbonyl (C=O) groups is 1. The number of nitrogens with one attached hydrogen (secondary N) is 1. The number of imidazole rings is 1. The first-order valence-electron chi connectivity index (χ1n) is 5.79. The van der Waals surface area contributed by atoms with Crippen LogP contribution in [0.25, 0.3) is 5.65 Å². The molecular weight excluding hydrogens is 250 g/mol. The van der Waals surface area contributed by atoms with Crippen molar-refractivity contribution in [3.05, 3.63) is 35.2 Å². The van der Waals surface area contributed by atoms with Gasteiger partial charge in [-0.25, -0.2) is 4.98 Å². The number of aromatic nitrogens is 2. The van der Waals surface area contributed by atoms with Gasteiger partial charge >= 0.3 is 0 Å². The van der Waals surface area contributed by atoms with Gasteiger partial charge in [0.15, 0.2) is 0 Å². The molecule has 18 heavy (non-hydrogen) atoms. The van der Waals surface area contributed by atoms with Crippen LogP contribution in [0.15, 0.2) is 24.4 Å². The van der Waals surface area contributed by atoms with Gasteiger partial charge in [0, 0.05) is 11.6 Å². The molecule has 0 radical (unpaired) electrons. The minimum atomic E-state index is -0.392. The standard InChI is InChI=1S/C13H16ClN3O/c1-13(2,3)12(18)15-7-9-8-17-10(14)5-4-6-11(17)16-9/h4-6,8H,7H2,1-3H3,(H,15,18). The van der Waals surface area contributed by atoms with Gasteiger partial charge in [0.2, 0.25) is 5.91 Å². The van der Waals surface area contributed by atoms with Crippen LogP contribution in [-0.4, -0.2) is 15.3 Å². The lowest BCUT2D eigenvalue weighted by Crippen LogP contribution is -2.34. The minimum absolute atomic E-state index is 0.00523. The van der Waals surface area contributed by atoms with Crippen molar-refractivity contribution in [2.24, 2.45) is 5.41 Å². The summed E-state index contributed by atoms with van der Waals surface area (Å²) in [6.45, 7) is 6.04. The Morgan fingerprint density at radius 2 is 2.17 bits per heavy atom. The number of carbonyl (C=O) groups excluding carboxylic acids is 1. The summed E-state index contributed by atoms with van der Waals surface area (Å²) < 4.78 is 1.79. The molecule has 0 saturated heterocycles. The van der Waals surface area contributed by atoms with Crippen molar-refractivity contribution in [3.63, 3.8) is 0 Å². The van der Waals surface area contributed by atoms with Crippen LogP contribution in [0.4, 0.5) is 0 Å². The molecule has 1 amide bonds. The average molecular weight is 266 g/mol. The molecule has 1 N–H and O–H groups in total. The molecule has 0 bridgehead atoms. The number of rotatable bonds is 2. The largest absolute Gasteiger partial charge is 0.350 e. The summed E-state index contributed by atoms with van der Waals surface area (Å²) in [4.78, 5) is 16.1. The van der Waals surface area contributed by atoms with Crippen LogP contribution in [0.3, 0.4) is 0 Å². The van der Waals surface area contributed by atoms with Crippen molar-refractivity contribution in [1.29, 1.82) is 0 Å². The molecule has 2 aromatic rings. The highest BCUT2D eigenvalue weighted by molar-refractivity contribution is 6.29. The van der Waals surface area contributed by atoms with Gasteiger partial charge in [-0.1, -0.05) is 38.4 Å². The van der Waals surface area contributed by atoms with Crippen LogP contribution in [0.2, 0.25) is 5.15 Å². The Morgan fingerprint density at radius 1 is 1.44 bits per heavy atom. The van der Waals surface area contributed by atoms with Crippen LogP contribution >= 0.6 is 11.6 Å². The summed E-state index contributed by atoms with van der Waals surface area (Å²) in [5.41, 5.74) is 1.18. The van der Waals surface area contributed by atoms with E-state index >= 15 is 0 Å². The lowest BCUT2D eigenvalue weighted by molar-refractivity contribution is -0.128. The van der Waals surface area contributed by atoms with Gasteiger partial charge in [-0.3, -0.25) is 9.20 Å². The zero-order chi connectivity index (χ0) is 13.3. The van der Waals surface area contributed by atoms with Gasteiger partial charge in [-0.05, 0) is 12.1 Å². The van der Waals surface area contributed by atoms with E-state index in [-0.39, 0.29) is 5.91 Å². The first-order valence-corrected chi connectivity index (χ1v) is 6.16. The molecule has 2 rings (SSSR count). The highest BCUT2D eigenvalue weighted by atomic mass is 35.5. The first kappa shape index (κ1) is 12.9. The second-order valence-electron chi connectivity index (χ2n) is 5.24. The molecule has 5 heteroatoms. The third-order valence-electron chi connectivity index (χ3n) is 2.60. The molecule has 0 saturated carbocycles. The summed E-state index contributed by atoms with van der Waals surface area (Å²) in [6, 6.07) is 5.52. The van der Waals surface area contributed by atoms with E-state index in [0.29, 0.717) is 11.7 Å². The van der Waals surface area contributed by atoms with E-state index in [1.54, 1.807) is 10.5 Å². The third-order valence-corrected chi connectivity index (χ3v) is 2.91. The summed E-state index contributed by atoms with van der Waals surface area (Å²) in [5, 5.41) is 3.47. The van der Waals surface area contributed by atoms with Gasteiger partial charge < -0.3 is 5.32 Å². The molecule has 0 aromatic carbocycles. The van der Waals surface area contributed by atoms with E-state index in [1.165, 1.54) is 0 Å². The molecule has 0 aliphatic rings. The number of pyridine rings is 1. The number of amides is 1. The maximum atomic E-state index is 11.7. The SMILES string of the molecule is CC(C)(C)C(=O)NCc1cn2c(Cl)cccc2n1. The lowest BCUT2D eigenvalue weighted by Gasteiger charge is -2.16. The van der Waals surface area contributed by atoms with E-state index in [1.807, 2.05) is 39.1 Å². The summed E-state index contributed by atoms with van der Waals surface area (Å²) in [5.74, 6) is 0.00523. The molecule has 0 fully saturated rings. The minimum Gasteiger partial charge on any atom is -0.350 e. The van der Waals surface area contributed by atoms with Gasteiger partial charge in [0.05, 0.1) is 12.2 Å². The van der Waals surface area contributed by atoms with Crippen LogP contribution in [-0.2, 0) is 11.3 Å². The van der Waals surface area contributed by atoms with Crippen molar-refractivity contribution in [2.75, 3.05) is 0 Å². The Kier molecular flexibility index (Phi) is 3.30. The predicted octanol–water partition coefficient (Wildman–Crippen LogP) is 2.65. The second kappa shape index (κ2) is 4.61. The van der Waals surface area contributed by atoms with E-state index < -0.39 is 5.41 Å². The fourth-order valence-corrected chi connectivity index (χ4v) is 1.76. The van der Waals surface area contributed by atoms with Gasteiger partial charge in [0.1, 0.15) is 10.8 Å². The highest BCUT2D eigenvalue weighted by Gasteiger charge is 2.20. The van der Waals surface area contributed by atoms with Crippen LogP contribution in [0, 0.1) is 5.41 Å². The number of nitrogens with zero attached hydrogens (tertiary/aromatic N) is 2. The Hall–Kier alpha value is -1.55. The molecule has 2 heterocycles. The lowest BCUT2D eigenvalue weighted by atomic mass is 9.96.